The van der Waals surface area contributed by atoms with Gasteiger partial charge < -0.3 is 0 Å². The SMILES string of the molecule is Brc1cccc2ccc3c4ccc5ccccc5c4ccc3c12. The summed E-state index contributed by atoms with van der Waals surface area (Å²) in [5.41, 5.74) is 0. The molecule has 0 saturated heterocycles. The third kappa shape index (κ3) is 1.83. The van der Waals surface area contributed by atoms with E-state index in [0.29, 0.717) is 0 Å². The number of halogens is 1. The summed E-state index contributed by atoms with van der Waals surface area (Å²) >= 11 is 3.72. The predicted octanol–water partition coefficient (Wildman–Crippen LogP) is 7.06. The van der Waals surface area contributed by atoms with E-state index in [1.807, 2.05) is 0 Å². The number of hydrogen-bond donors (Lipinski definition) is 0. The zero-order valence-corrected chi connectivity index (χ0v) is 14.0. The van der Waals surface area contributed by atoms with E-state index in [2.05, 4.69) is 94.8 Å². The maximum Gasteiger partial charge on any atom is 0.0259 e. The summed E-state index contributed by atoms with van der Waals surface area (Å²) in [4.78, 5) is 0. The van der Waals surface area contributed by atoms with Gasteiger partial charge in [-0.3, -0.25) is 0 Å². The minimum atomic E-state index is 1.15. The van der Waals surface area contributed by atoms with Gasteiger partial charge in [0.05, 0.1) is 0 Å². The molecular formula is C22H13Br. The van der Waals surface area contributed by atoms with Crippen molar-refractivity contribution in [2.24, 2.45) is 0 Å². The fraction of sp³-hybridized carbons (Fsp3) is 0. The van der Waals surface area contributed by atoms with E-state index in [-0.39, 0.29) is 0 Å². The Bertz CT molecular complexity index is 1220. The second-order valence-corrected chi connectivity index (χ2v) is 6.80. The average molecular weight is 357 g/mol. The largest absolute Gasteiger partial charge is 0.0616 e. The van der Waals surface area contributed by atoms with E-state index >= 15 is 0 Å². The molecule has 5 aromatic carbocycles. The lowest BCUT2D eigenvalue weighted by Crippen LogP contribution is -1.83. The molecular weight excluding hydrogens is 344 g/mol. The lowest BCUT2D eigenvalue weighted by Gasteiger charge is -2.10. The summed E-state index contributed by atoms with van der Waals surface area (Å²) < 4.78 is 1.15. The van der Waals surface area contributed by atoms with Crippen LogP contribution in [0.5, 0.6) is 0 Å². The van der Waals surface area contributed by atoms with Crippen LogP contribution in [0.3, 0.4) is 0 Å². The Kier molecular flexibility index (Phi) is 2.74. The van der Waals surface area contributed by atoms with Gasteiger partial charge in [0.1, 0.15) is 0 Å². The van der Waals surface area contributed by atoms with Crippen molar-refractivity contribution in [2.45, 2.75) is 0 Å². The Hall–Kier alpha value is -2.38. The zero-order valence-electron chi connectivity index (χ0n) is 12.4. The monoisotopic (exact) mass is 356 g/mol. The minimum Gasteiger partial charge on any atom is -0.0616 e. The topological polar surface area (TPSA) is 0 Å². The molecule has 108 valence electrons. The van der Waals surface area contributed by atoms with Crippen LogP contribution in [-0.2, 0) is 0 Å². The molecule has 0 nitrogen and oxygen atoms in total. The average Bonchev–Trinajstić information content (AvgIpc) is 2.61. The van der Waals surface area contributed by atoms with Crippen molar-refractivity contribution < 1.29 is 0 Å². The molecule has 0 saturated carbocycles. The third-order valence-electron chi connectivity index (χ3n) is 4.71. The van der Waals surface area contributed by atoms with Gasteiger partial charge in [0.25, 0.3) is 0 Å². The molecule has 0 aliphatic rings. The van der Waals surface area contributed by atoms with Crippen molar-refractivity contribution in [3.8, 4) is 0 Å². The molecule has 0 bridgehead atoms. The van der Waals surface area contributed by atoms with Crippen LogP contribution < -0.4 is 0 Å². The van der Waals surface area contributed by atoms with E-state index < -0.39 is 0 Å². The van der Waals surface area contributed by atoms with Gasteiger partial charge in [-0.1, -0.05) is 88.7 Å². The van der Waals surface area contributed by atoms with Gasteiger partial charge in [-0.05, 0) is 43.8 Å². The molecule has 0 aliphatic carbocycles. The molecule has 0 unspecified atom stereocenters. The highest BCUT2D eigenvalue weighted by atomic mass is 79.9. The van der Waals surface area contributed by atoms with Crippen molar-refractivity contribution in [3.63, 3.8) is 0 Å². The Morgan fingerprint density at radius 3 is 1.96 bits per heavy atom. The fourth-order valence-electron chi connectivity index (χ4n) is 3.65. The lowest BCUT2D eigenvalue weighted by molar-refractivity contribution is 1.74. The molecule has 0 aromatic heterocycles. The van der Waals surface area contributed by atoms with Gasteiger partial charge in [-0.15, -0.1) is 0 Å². The molecule has 0 fully saturated rings. The van der Waals surface area contributed by atoms with Crippen LogP contribution in [-0.4, -0.2) is 0 Å². The standard InChI is InChI=1S/C22H13Br/c23-21-7-3-5-15-9-11-19-18-10-8-14-4-1-2-6-16(14)17(18)12-13-20(19)22(15)21/h1-13H. The van der Waals surface area contributed by atoms with Crippen molar-refractivity contribution in [1.82, 2.24) is 0 Å². The molecule has 0 amide bonds. The quantitative estimate of drug-likeness (QED) is 0.260. The van der Waals surface area contributed by atoms with Gasteiger partial charge in [0.2, 0.25) is 0 Å². The minimum absolute atomic E-state index is 1.15. The van der Waals surface area contributed by atoms with Crippen molar-refractivity contribution in [1.29, 1.82) is 0 Å². The maximum atomic E-state index is 3.72. The Morgan fingerprint density at radius 2 is 1.04 bits per heavy atom. The van der Waals surface area contributed by atoms with Crippen molar-refractivity contribution in [2.75, 3.05) is 0 Å². The maximum absolute atomic E-state index is 3.72. The van der Waals surface area contributed by atoms with Gasteiger partial charge in [0, 0.05) is 9.86 Å². The van der Waals surface area contributed by atoms with Crippen LogP contribution in [0.25, 0.3) is 43.1 Å². The number of hydrogen-bond acceptors (Lipinski definition) is 0. The van der Waals surface area contributed by atoms with Crippen LogP contribution in [0, 0.1) is 0 Å². The summed E-state index contributed by atoms with van der Waals surface area (Å²) in [7, 11) is 0. The van der Waals surface area contributed by atoms with Crippen LogP contribution in [0.4, 0.5) is 0 Å². The predicted molar refractivity (Wildman–Crippen MR) is 104 cm³/mol. The highest BCUT2D eigenvalue weighted by Crippen LogP contribution is 2.36. The van der Waals surface area contributed by atoms with Gasteiger partial charge >= 0.3 is 0 Å². The fourth-order valence-corrected chi connectivity index (χ4v) is 4.24. The summed E-state index contributed by atoms with van der Waals surface area (Å²) in [6, 6.07) is 28.4. The van der Waals surface area contributed by atoms with E-state index in [9.17, 15) is 0 Å². The summed E-state index contributed by atoms with van der Waals surface area (Å²) in [5, 5.41) is 10.4. The Morgan fingerprint density at radius 1 is 0.435 bits per heavy atom. The van der Waals surface area contributed by atoms with Crippen molar-refractivity contribution >= 4 is 59.0 Å². The van der Waals surface area contributed by atoms with E-state index in [4.69, 9.17) is 0 Å². The van der Waals surface area contributed by atoms with Crippen LogP contribution in [0.15, 0.2) is 83.3 Å². The molecule has 23 heavy (non-hydrogen) atoms. The summed E-state index contributed by atoms with van der Waals surface area (Å²) in [6.07, 6.45) is 0. The number of benzene rings is 5. The summed E-state index contributed by atoms with van der Waals surface area (Å²) in [6.45, 7) is 0. The Labute approximate surface area is 142 Å². The zero-order chi connectivity index (χ0) is 15.4. The molecule has 0 radical (unpaired) electrons. The number of fused-ring (bicyclic) bond motifs is 7. The molecule has 0 atom stereocenters. The smallest absolute Gasteiger partial charge is 0.0259 e. The molecule has 0 N–H and O–H groups in total. The Balaban J connectivity index is 2.05. The first-order valence-electron chi connectivity index (χ1n) is 7.74. The van der Waals surface area contributed by atoms with Gasteiger partial charge in [-0.2, -0.15) is 0 Å². The molecule has 5 rings (SSSR count). The van der Waals surface area contributed by atoms with Crippen molar-refractivity contribution in [3.05, 3.63) is 83.3 Å². The molecule has 0 aliphatic heterocycles. The van der Waals surface area contributed by atoms with Crippen LogP contribution >= 0.6 is 15.9 Å². The third-order valence-corrected chi connectivity index (χ3v) is 5.37. The van der Waals surface area contributed by atoms with Crippen LogP contribution in [0.2, 0.25) is 0 Å². The van der Waals surface area contributed by atoms with E-state index in [1.165, 1.54) is 43.1 Å². The second kappa shape index (κ2) is 4.81. The highest BCUT2D eigenvalue weighted by Gasteiger charge is 2.08. The normalized spacial score (nSPS) is 11.7. The first-order chi connectivity index (χ1) is 11.3. The second-order valence-electron chi connectivity index (χ2n) is 5.95. The lowest BCUT2D eigenvalue weighted by atomic mass is 9.94. The highest BCUT2D eigenvalue weighted by molar-refractivity contribution is 9.10. The molecule has 5 aromatic rings. The first kappa shape index (κ1) is 13.1. The van der Waals surface area contributed by atoms with Gasteiger partial charge in [-0.25, -0.2) is 0 Å². The molecule has 0 heterocycles. The summed E-state index contributed by atoms with van der Waals surface area (Å²) in [5.74, 6) is 0. The molecule has 0 spiro atoms. The number of rotatable bonds is 0. The van der Waals surface area contributed by atoms with E-state index in [0.717, 1.165) is 4.47 Å². The molecule has 1 heteroatoms. The van der Waals surface area contributed by atoms with Crippen LogP contribution in [0.1, 0.15) is 0 Å². The van der Waals surface area contributed by atoms with E-state index in [1.54, 1.807) is 0 Å². The van der Waals surface area contributed by atoms with Gasteiger partial charge in [0.15, 0.2) is 0 Å². The first-order valence-corrected chi connectivity index (χ1v) is 8.54.